The highest BCUT2D eigenvalue weighted by molar-refractivity contribution is 5.95. The molecule has 0 fully saturated rings. The smallest absolute Gasteiger partial charge is 0.321 e. The number of carbonyl (C=O) groups is 1. The second-order valence-corrected chi connectivity index (χ2v) is 4.77. The van der Waals surface area contributed by atoms with Gasteiger partial charge < -0.3 is 11.1 Å². The SMILES string of the molecule is CCCCCCN=C(N)NC(=O)NCCCCCC. The predicted octanol–water partition coefficient (Wildman–Crippen LogP) is 2.76. The van der Waals surface area contributed by atoms with E-state index >= 15 is 0 Å². The summed E-state index contributed by atoms with van der Waals surface area (Å²) in [6.07, 6.45) is 9.19. The normalized spacial score (nSPS) is 11.4. The molecule has 0 saturated heterocycles. The molecule has 19 heavy (non-hydrogen) atoms. The fraction of sp³-hybridized carbons (Fsp3) is 0.857. The molecule has 0 aliphatic heterocycles. The minimum atomic E-state index is -0.258. The summed E-state index contributed by atoms with van der Waals surface area (Å²) in [6, 6.07) is -0.258. The van der Waals surface area contributed by atoms with E-state index in [1.54, 1.807) is 0 Å². The van der Waals surface area contributed by atoms with E-state index in [4.69, 9.17) is 5.73 Å². The van der Waals surface area contributed by atoms with E-state index in [2.05, 4.69) is 29.5 Å². The number of nitrogens with two attached hydrogens (primary N) is 1. The number of carbonyl (C=O) groups excluding carboxylic acids is 1. The van der Waals surface area contributed by atoms with E-state index < -0.39 is 0 Å². The Balaban J connectivity index is 3.53. The number of hydrogen-bond acceptors (Lipinski definition) is 2. The fourth-order valence-corrected chi connectivity index (χ4v) is 1.69. The lowest BCUT2D eigenvalue weighted by Crippen LogP contribution is -2.43. The third-order valence-electron chi connectivity index (χ3n) is 2.85. The lowest BCUT2D eigenvalue weighted by molar-refractivity contribution is 0.245. The van der Waals surface area contributed by atoms with E-state index in [0.29, 0.717) is 13.1 Å². The maximum atomic E-state index is 11.4. The monoisotopic (exact) mass is 270 g/mol. The Kier molecular flexibility index (Phi) is 12.3. The molecule has 0 saturated carbocycles. The van der Waals surface area contributed by atoms with Crippen LogP contribution in [0.1, 0.15) is 65.2 Å². The molecule has 0 aromatic rings. The van der Waals surface area contributed by atoms with Crippen LogP contribution in [0.15, 0.2) is 4.99 Å². The van der Waals surface area contributed by atoms with Gasteiger partial charge in [-0.25, -0.2) is 4.79 Å². The van der Waals surface area contributed by atoms with E-state index in [9.17, 15) is 4.79 Å². The first-order chi connectivity index (χ1) is 9.20. The van der Waals surface area contributed by atoms with Crippen molar-refractivity contribution in [2.75, 3.05) is 13.1 Å². The van der Waals surface area contributed by atoms with Gasteiger partial charge in [0.1, 0.15) is 0 Å². The zero-order valence-electron chi connectivity index (χ0n) is 12.5. The molecule has 0 aromatic carbocycles. The summed E-state index contributed by atoms with van der Waals surface area (Å²) in [5.74, 6) is 0.211. The van der Waals surface area contributed by atoms with Gasteiger partial charge in [0.25, 0.3) is 0 Å². The van der Waals surface area contributed by atoms with Crippen molar-refractivity contribution >= 4 is 12.0 Å². The number of nitrogens with zero attached hydrogens (tertiary/aromatic N) is 1. The number of urea groups is 1. The van der Waals surface area contributed by atoms with Crippen LogP contribution in [0.4, 0.5) is 4.79 Å². The molecule has 0 heterocycles. The van der Waals surface area contributed by atoms with Crippen molar-refractivity contribution in [3.63, 3.8) is 0 Å². The molecule has 0 rings (SSSR count). The van der Waals surface area contributed by atoms with Crippen LogP contribution in [0.5, 0.6) is 0 Å². The Morgan fingerprint density at radius 2 is 1.63 bits per heavy atom. The molecule has 0 radical (unpaired) electrons. The molecule has 0 aliphatic rings. The summed E-state index contributed by atoms with van der Waals surface area (Å²) in [7, 11) is 0. The molecule has 112 valence electrons. The Hall–Kier alpha value is -1.26. The molecule has 0 aromatic heterocycles. The van der Waals surface area contributed by atoms with E-state index in [0.717, 1.165) is 25.7 Å². The van der Waals surface area contributed by atoms with Crippen molar-refractivity contribution in [3.05, 3.63) is 0 Å². The molecule has 0 atom stereocenters. The quantitative estimate of drug-likeness (QED) is 0.324. The summed E-state index contributed by atoms with van der Waals surface area (Å²) in [5, 5.41) is 5.31. The summed E-state index contributed by atoms with van der Waals surface area (Å²) in [5.41, 5.74) is 5.62. The first-order valence-corrected chi connectivity index (χ1v) is 7.55. The molecule has 0 aliphatic carbocycles. The number of aliphatic imine (C=N–C) groups is 1. The average Bonchev–Trinajstić information content (AvgIpc) is 2.38. The second kappa shape index (κ2) is 13.2. The van der Waals surface area contributed by atoms with Crippen LogP contribution in [0.3, 0.4) is 0 Å². The van der Waals surface area contributed by atoms with Crippen LogP contribution in [-0.2, 0) is 0 Å². The third kappa shape index (κ3) is 13.0. The van der Waals surface area contributed by atoms with Crippen molar-refractivity contribution in [2.45, 2.75) is 65.2 Å². The van der Waals surface area contributed by atoms with Gasteiger partial charge in [-0.2, -0.15) is 0 Å². The second-order valence-electron chi connectivity index (χ2n) is 4.77. The summed E-state index contributed by atoms with van der Waals surface area (Å²) in [4.78, 5) is 15.6. The molecular formula is C14H30N4O. The largest absolute Gasteiger partial charge is 0.370 e. The number of hydrogen-bond donors (Lipinski definition) is 3. The number of nitrogens with one attached hydrogen (secondary N) is 2. The minimum Gasteiger partial charge on any atom is -0.370 e. The highest BCUT2D eigenvalue weighted by atomic mass is 16.2. The molecule has 2 amide bonds. The van der Waals surface area contributed by atoms with Crippen LogP contribution < -0.4 is 16.4 Å². The highest BCUT2D eigenvalue weighted by Gasteiger charge is 2.00. The molecule has 0 spiro atoms. The summed E-state index contributed by atoms with van der Waals surface area (Å²) < 4.78 is 0. The lowest BCUT2D eigenvalue weighted by atomic mass is 10.2. The van der Waals surface area contributed by atoms with Crippen LogP contribution in [0, 0.1) is 0 Å². The first kappa shape index (κ1) is 17.7. The highest BCUT2D eigenvalue weighted by Crippen LogP contribution is 1.98. The topological polar surface area (TPSA) is 79.5 Å². The van der Waals surface area contributed by atoms with Crippen LogP contribution in [0.25, 0.3) is 0 Å². The summed E-state index contributed by atoms with van der Waals surface area (Å²) >= 11 is 0. The van der Waals surface area contributed by atoms with Crippen molar-refractivity contribution in [3.8, 4) is 0 Å². The van der Waals surface area contributed by atoms with Crippen molar-refractivity contribution in [2.24, 2.45) is 10.7 Å². The van der Waals surface area contributed by atoms with Gasteiger partial charge >= 0.3 is 6.03 Å². The molecule has 0 bridgehead atoms. The summed E-state index contributed by atoms with van der Waals surface area (Å²) in [6.45, 7) is 5.71. The van der Waals surface area contributed by atoms with Gasteiger partial charge in [-0.3, -0.25) is 10.3 Å². The van der Waals surface area contributed by atoms with E-state index in [1.807, 2.05) is 0 Å². The molecule has 4 N–H and O–H groups in total. The molecule has 5 nitrogen and oxygen atoms in total. The molecule has 5 heteroatoms. The maximum Gasteiger partial charge on any atom is 0.321 e. The Bertz CT molecular complexity index is 254. The zero-order chi connectivity index (χ0) is 14.3. The van der Waals surface area contributed by atoms with Crippen molar-refractivity contribution in [1.82, 2.24) is 10.6 Å². The number of amides is 2. The standard InChI is InChI=1S/C14H30N4O/c1-3-5-7-9-11-16-13(15)18-14(19)17-12-10-8-6-4-2/h3-12H2,1-2H3,(H4,15,16,17,18,19). The van der Waals surface area contributed by atoms with E-state index in [-0.39, 0.29) is 12.0 Å². The zero-order valence-corrected chi connectivity index (χ0v) is 12.5. The van der Waals surface area contributed by atoms with Gasteiger partial charge in [0, 0.05) is 13.1 Å². The van der Waals surface area contributed by atoms with Crippen LogP contribution >= 0.6 is 0 Å². The van der Waals surface area contributed by atoms with Gasteiger partial charge in [0.2, 0.25) is 0 Å². The number of guanidine groups is 1. The van der Waals surface area contributed by atoms with Gasteiger partial charge in [-0.05, 0) is 12.8 Å². The number of rotatable bonds is 10. The van der Waals surface area contributed by atoms with Gasteiger partial charge in [0.05, 0.1) is 0 Å². The van der Waals surface area contributed by atoms with Gasteiger partial charge in [-0.1, -0.05) is 52.4 Å². The third-order valence-corrected chi connectivity index (χ3v) is 2.85. The van der Waals surface area contributed by atoms with Gasteiger partial charge in [0.15, 0.2) is 5.96 Å². The van der Waals surface area contributed by atoms with Crippen LogP contribution in [-0.4, -0.2) is 25.1 Å². The minimum absolute atomic E-state index is 0.211. The van der Waals surface area contributed by atoms with Crippen molar-refractivity contribution < 1.29 is 4.79 Å². The predicted molar refractivity (Wildman–Crippen MR) is 81.3 cm³/mol. The van der Waals surface area contributed by atoms with E-state index in [1.165, 1.54) is 25.7 Å². The number of unbranched alkanes of at least 4 members (excludes halogenated alkanes) is 6. The Morgan fingerprint density at radius 1 is 1.00 bits per heavy atom. The maximum absolute atomic E-state index is 11.4. The van der Waals surface area contributed by atoms with Gasteiger partial charge in [-0.15, -0.1) is 0 Å². The lowest BCUT2D eigenvalue weighted by Gasteiger charge is -2.06. The van der Waals surface area contributed by atoms with Crippen LogP contribution in [0.2, 0.25) is 0 Å². The van der Waals surface area contributed by atoms with Crippen molar-refractivity contribution in [1.29, 1.82) is 0 Å². The average molecular weight is 270 g/mol. The first-order valence-electron chi connectivity index (χ1n) is 7.55. The fourth-order valence-electron chi connectivity index (χ4n) is 1.69. The molecule has 0 unspecified atom stereocenters. The Morgan fingerprint density at radius 3 is 2.26 bits per heavy atom. The Labute approximate surface area is 117 Å². The molecular weight excluding hydrogens is 240 g/mol.